The first kappa shape index (κ1) is 32.3. The van der Waals surface area contributed by atoms with Crippen LogP contribution in [-0.2, 0) is 25.9 Å². The highest BCUT2D eigenvalue weighted by molar-refractivity contribution is 6.03. The smallest absolute Gasteiger partial charge is 0.336 e. The fourth-order valence-electron chi connectivity index (χ4n) is 6.95. The number of hydrogen-bond donors (Lipinski definition) is 2. The Morgan fingerprint density at radius 1 is 0.720 bits per heavy atom. The number of methoxy groups -OCH3 is 2. The van der Waals surface area contributed by atoms with E-state index in [2.05, 4.69) is 0 Å². The SMILES string of the molecule is COc1c(C=O)ccc2c1nc1n2CCn2c(nc3c(OC)c(C(N)=O)ccc32)-c2cc(ccc2C=O)CCCCc2ccc-1c(C(=O)O)c2. The van der Waals surface area contributed by atoms with Gasteiger partial charge in [-0.25, -0.2) is 14.8 Å². The number of primary amides is 1. The molecule has 252 valence electrons. The van der Waals surface area contributed by atoms with Crippen LogP contribution in [0, 0.1) is 0 Å². The summed E-state index contributed by atoms with van der Waals surface area (Å²) in [7, 11) is 2.90. The monoisotopic (exact) mass is 671 g/mol. The molecule has 1 amide bonds. The number of ether oxygens (including phenoxy) is 2. The number of carboxylic acids is 1. The van der Waals surface area contributed by atoms with E-state index < -0.39 is 11.9 Å². The number of aldehydes is 2. The van der Waals surface area contributed by atoms with Crippen molar-refractivity contribution in [1.29, 1.82) is 0 Å². The van der Waals surface area contributed by atoms with Gasteiger partial charge in [0.05, 0.1) is 41.9 Å². The number of imidazole rings is 2. The molecule has 2 aliphatic rings. The van der Waals surface area contributed by atoms with Gasteiger partial charge in [-0.2, -0.15) is 0 Å². The van der Waals surface area contributed by atoms with Crippen molar-refractivity contribution in [3.63, 3.8) is 0 Å². The number of hydrogen-bond acceptors (Lipinski definition) is 8. The third-order valence-electron chi connectivity index (χ3n) is 9.35. The van der Waals surface area contributed by atoms with Crippen LogP contribution in [0.2, 0.25) is 0 Å². The summed E-state index contributed by atoms with van der Waals surface area (Å²) in [5.41, 5.74) is 11.7. The Balaban J connectivity index is 1.53. The Bertz CT molecular complexity index is 2370. The van der Waals surface area contributed by atoms with Gasteiger partial charge in [0, 0.05) is 29.8 Å². The van der Waals surface area contributed by atoms with Gasteiger partial charge in [-0.1, -0.05) is 24.3 Å². The zero-order valence-electron chi connectivity index (χ0n) is 27.4. The van der Waals surface area contributed by atoms with Crippen LogP contribution in [0.3, 0.4) is 0 Å². The van der Waals surface area contributed by atoms with Crippen LogP contribution >= 0.6 is 0 Å². The molecule has 8 rings (SSSR count). The lowest BCUT2D eigenvalue weighted by Crippen LogP contribution is -2.13. The van der Waals surface area contributed by atoms with E-state index in [-0.39, 0.29) is 35.7 Å². The lowest BCUT2D eigenvalue weighted by molar-refractivity contribution is 0.0697. The highest BCUT2D eigenvalue weighted by Crippen LogP contribution is 2.37. The molecule has 0 spiro atoms. The summed E-state index contributed by atoms with van der Waals surface area (Å²) in [4.78, 5) is 59.3. The van der Waals surface area contributed by atoms with Crippen LogP contribution in [-0.4, -0.2) is 62.9 Å². The van der Waals surface area contributed by atoms with Gasteiger partial charge in [0.1, 0.15) is 22.7 Å². The molecule has 4 heterocycles. The molecule has 0 atom stereocenters. The lowest BCUT2D eigenvalue weighted by atomic mass is 9.97. The highest BCUT2D eigenvalue weighted by Gasteiger charge is 2.25. The third-order valence-corrected chi connectivity index (χ3v) is 9.35. The zero-order chi connectivity index (χ0) is 35.1. The summed E-state index contributed by atoms with van der Waals surface area (Å²) in [5, 5.41) is 10.4. The molecule has 3 N–H and O–H groups in total. The number of benzene rings is 4. The predicted molar refractivity (Wildman–Crippen MR) is 186 cm³/mol. The zero-order valence-corrected chi connectivity index (χ0v) is 27.4. The number of carbonyl (C=O) groups excluding carboxylic acids is 3. The molecule has 2 aromatic heterocycles. The molecular weight excluding hydrogens is 638 g/mol. The van der Waals surface area contributed by atoms with E-state index in [4.69, 9.17) is 25.2 Å². The fourth-order valence-corrected chi connectivity index (χ4v) is 6.95. The number of nitrogens with zero attached hydrogens (tertiary/aromatic N) is 4. The Morgan fingerprint density at radius 2 is 1.28 bits per heavy atom. The number of fused-ring (bicyclic) bond motifs is 8. The van der Waals surface area contributed by atoms with E-state index in [9.17, 15) is 24.3 Å². The summed E-state index contributed by atoms with van der Waals surface area (Å²) in [6.45, 7) is 0.523. The molecule has 6 aromatic rings. The van der Waals surface area contributed by atoms with Crippen molar-refractivity contribution in [2.75, 3.05) is 14.2 Å². The number of rotatable bonds is 6. The predicted octanol–water partition coefficient (Wildman–Crippen LogP) is 5.74. The van der Waals surface area contributed by atoms with Crippen LogP contribution in [0.1, 0.15) is 65.4 Å². The van der Waals surface area contributed by atoms with Gasteiger partial charge in [0.15, 0.2) is 24.1 Å². The average Bonchev–Trinajstić information content (AvgIpc) is 3.69. The third kappa shape index (κ3) is 5.34. The first-order chi connectivity index (χ1) is 24.3. The van der Waals surface area contributed by atoms with Gasteiger partial charge < -0.3 is 29.4 Å². The highest BCUT2D eigenvalue weighted by atomic mass is 16.5. The van der Waals surface area contributed by atoms with Crippen LogP contribution in [0.4, 0.5) is 0 Å². The van der Waals surface area contributed by atoms with Crippen LogP contribution < -0.4 is 15.2 Å². The van der Waals surface area contributed by atoms with Gasteiger partial charge in [-0.15, -0.1) is 0 Å². The minimum atomic E-state index is -1.09. The maximum absolute atomic E-state index is 12.7. The molecule has 0 aliphatic carbocycles. The van der Waals surface area contributed by atoms with Crippen molar-refractivity contribution >= 4 is 46.5 Å². The lowest BCUT2D eigenvalue weighted by Gasteiger charge is -2.16. The molecule has 0 unspecified atom stereocenters. The minimum Gasteiger partial charge on any atom is -0.494 e. The van der Waals surface area contributed by atoms with Crippen molar-refractivity contribution in [3.05, 3.63) is 94.0 Å². The molecule has 4 aromatic carbocycles. The summed E-state index contributed by atoms with van der Waals surface area (Å²) < 4.78 is 15.2. The molecular formula is C38H33N5O7. The van der Waals surface area contributed by atoms with Crippen LogP contribution in [0.25, 0.3) is 44.8 Å². The van der Waals surface area contributed by atoms with Gasteiger partial charge in [0.25, 0.3) is 5.91 Å². The maximum atomic E-state index is 12.7. The van der Waals surface area contributed by atoms with Crippen LogP contribution in [0.5, 0.6) is 11.5 Å². The van der Waals surface area contributed by atoms with E-state index in [1.54, 1.807) is 42.5 Å². The minimum absolute atomic E-state index is 0.109. The van der Waals surface area contributed by atoms with Gasteiger partial charge >= 0.3 is 5.97 Å². The molecule has 2 aliphatic heterocycles. The van der Waals surface area contributed by atoms with E-state index in [0.29, 0.717) is 68.7 Å². The Labute approximate surface area is 286 Å². The van der Waals surface area contributed by atoms with E-state index in [1.807, 2.05) is 27.3 Å². The number of amides is 1. The van der Waals surface area contributed by atoms with Gasteiger partial charge in [-0.3, -0.25) is 14.4 Å². The topological polar surface area (TPSA) is 169 Å². The number of aromatic nitrogens is 4. The molecule has 0 radical (unpaired) electrons. The molecule has 12 heteroatoms. The second-order valence-electron chi connectivity index (χ2n) is 12.2. The molecule has 0 saturated heterocycles. The largest absolute Gasteiger partial charge is 0.494 e. The molecule has 50 heavy (non-hydrogen) atoms. The first-order valence-electron chi connectivity index (χ1n) is 16.1. The molecule has 4 bridgehead atoms. The van der Waals surface area contributed by atoms with Gasteiger partial charge in [-0.05, 0) is 73.2 Å². The number of nitrogens with two attached hydrogens (primary N) is 1. The summed E-state index contributed by atoms with van der Waals surface area (Å²) in [5.74, 6) is -0.406. The average molecular weight is 672 g/mol. The number of carboxylic acid groups (broad SMARTS) is 1. The standard InChI is InChI=1S/C38H33N5O7/c1-49-33-24(20-45)10-13-29-31(33)40-36-25-11-8-22(18-28(25)38(47)48)6-4-3-5-21-7-9-23(19-44)27(17-21)37-41-32-30(43(37)16-15-42(29)36)14-12-26(35(39)46)34(32)50-2/h7-14,17-20H,3-6,15-16H2,1-2H3,(H2,39,46)(H,47,48). The van der Waals surface area contributed by atoms with E-state index >= 15 is 0 Å². The Kier molecular flexibility index (Phi) is 8.36. The number of carbonyl (C=O) groups is 4. The molecule has 0 saturated carbocycles. The first-order valence-corrected chi connectivity index (χ1v) is 16.1. The number of aryl methyl sites for hydroxylation is 4. The van der Waals surface area contributed by atoms with Crippen molar-refractivity contribution in [2.45, 2.75) is 38.8 Å². The summed E-state index contributed by atoms with van der Waals surface area (Å²) >= 11 is 0. The molecule has 0 fully saturated rings. The number of aromatic carboxylic acids is 1. The van der Waals surface area contributed by atoms with E-state index in [0.717, 1.165) is 36.7 Å². The van der Waals surface area contributed by atoms with Crippen molar-refractivity contribution in [2.24, 2.45) is 5.73 Å². The van der Waals surface area contributed by atoms with E-state index in [1.165, 1.54) is 14.2 Å². The van der Waals surface area contributed by atoms with Crippen molar-refractivity contribution in [1.82, 2.24) is 19.1 Å². The molecule has 12 nitrogen and oxygen atoms in total. The Morgan fingerprint density at radius 3 is 1.88 bits per heavy atom. The van der Waals surface area contributed by atoms with Crippen molar-refractivity contribution in [3.8, 4) is 34.3 Å². The second-order valence-corrected chi connectivity index (χ2v) is 12.2. The fraction of sp³-hybridized carbons (Fsp3) is 0.211. The van der Waals surface area contributed by atoms with Crippen LogP contribution in [0.15, 0.2) is 60.7 Å². The quantitative estimate of drug-likeness (QED) is 0.210. The Hall–Kier alpha value is -6.30. The summed E-state index contributed by atoms with van der Waals surface area (Å²) in [6.07, 6.45) is 4.52. The summed E-state index contributed by atoms with van der Waals surface area (Å²) in [6, 6.07) is 17.9. The normalized spacial score (nSPS) is 13.0. The maximum Gasteiger partial charge on any atom is 0.336 e. The van der Waals surface area contributed by atoms with Gasteiger partial charge in [0.2, 0.25) is 0 Å². The van der Waals surface area contributed by atoms with Crippen molar-refractivity contribution < 1.29 is 33.8 Å². The second kappa shape index (κ2) is 13.0.